The second kappa shape index (κ2) is 6.06. The van der Waals surface area contributed by atoms with Gasteiger partial charge in [0.05, 0.1) is 0 Å². The highest BCUT2D eigenvalue weighted by atomic mass is 35.5. The van der Waals surface area contributed by atoms with E-state index in [1.807, 2.05) is 0 Å². The quantitative estimate of drug-likeness (QED) is 0.367. The van der Waals surface area contributed by atoms with Crippen LogP contribution in [0.1, 0.15) is 24.5 Å². The number of ether oxygens (including phenoxy) is 1. The minimum absolute atomic E-state index is 0.0473. The van der Waals surface area contributed by atoms with Crippen LogP contribution >= 0.6 is 23.2 Å². The first kappa shape index (κ1) is 16.2. The Balaban J connectivity index is 2.30. The monoisotopic (exact) mass is 350 g/mol. The molecule has 0 bridgehead atoms. The molecule has 5 heteroatoms. The van der Waals surface area contributed by atoms with Gasteiger partial charge in [-0.15, -0.1) is 11.6 Å². The third-order valence-electron chi connectivity index (χ3n) is 4.08. The number of benzene rings is 2. The highest BCUT2D eigenvalue weighted by Gasteiger charge is 2.27. The summed E-state index contributed by atoms with van der Waals surface area (Å²) in [6.07, 6.45) is 1.94. The van der Waals surface area contributed by atoms with E-state index >= 15 is 0 Å². The number of halogens is 2. The number of phenols is 1. The number of carbonyl (C=O) groups excluding carboxylic acids is 1. The first-order chi connectivity index (χ1) is 10.9. The van der Waals surface area contributed by atoms with Crippen molar-refractivity contribution in [3.8, 4) is 11.5 Å². The molecule has 1 N–H and O–H groups in total. The van der Waals surface area contributed by atoms with E-state index in [1.165, 1.54) is 0 Å². The second-order valence-corrected chi connectivity index (χ2v) is 6.89. The molecule has 120 valence electrons. The molecule has 0 spiro atoms. The first-order valence-corrected chi connectivity index (χ1v) is 8.17. The van der Waals surface area contributed by atoms with Crippen LogP contribution in [0.15, 0.2) is 30.4 Å². The number of carbonyl (C=O) groups is 1. The molecular formula is C18H16Cl2O3. The van der Waals surface area contributed by atoms with Gasteiger partial charge in [0.1, 0.15) is 11.5 Å². The summed E-state index contributed by atoms with van der Waals surface area (Å²) in [7, 11) is 0. The zero-order chi connectivity index (χ0) is 16.7. The fourth-order valence-corrected chi connectivity index (χ4v) is 3.36. The Bertz CT molecular complexity index is 827. The minimum Gasteiger partial charge on any atom is -0.507 e. The van der Waals surface area contributed by atoms with Crippen molar-refractivity contribution in [3.63, 3.8) is 0 Å². The van der Waals surface area contributed by atoms with Gasteiger partial charge < -0.3 is 9.84 Å². The van der Waals surface area contributed by atoms with Gasteiger partial charge in [0.15, 0.2) is 0 Å². The van der Waals surface area contributed by atoms with E-state index in [-0.39, 0.29) is 11.1 Å². The van der Waals surface area contributed by atoms with Crippen LogP contribution in [0.3, 0.4) is 0 Å². The fourth-order valence-electron chi connectivity index (χ4n) is 2.92. The molecule has 0 aliphatic heterocycles. The maximum Gasteiger partial charge on any atom is 0.338 e. The van der Waals surface area contributed by atoms with E-state index in [4.69, 9.17) is 27.9 Å². The molecule has 1 unspecified atom stereocenters. The Morgan fingerprint density at radius 3 is 2.78 bits per heavy atom. The summed E-state index contributed by atoms with van der Waals surface area (Å²) in [5.74, 6) is 0.143. The third-order valence-corrected chi connectivity index (χ3v) is 4.69. The molecule has 0 saturated carbocycles. The van der Waals surface area contributed by atoms with Crippen molar-refractivity contribution in [2.45, 2.75) is 31.6 Å². The highest BCUT2D eigenvalue weighted by molar-refractivity contribution is 6.31. The molecule has 2 aromatic rings. The molecule has 1 atom stereocenters. The number of fused-ring (bicyclic) bond motifs is 2. The van der Waals surface area contributed by atoms with Crippen molar-refractivity contribution in [3.05, 3.63) is 46.5 Å². The summed E-state index contributed by atoms with van der Waals surface area (Å²) < 4.78 is 5.58. The zero-order valence-electron chi connectivity index (χ0n) is 12.7. The standard InChI is InChI=1S/C18H16Cl2O3/c1-9(2)18(22)23-17-13-6-4-10(19)7-14(13)16(21)12-5-3-11(20)8-15(12)17/h4,6-7,11,21H,1,3,5,8H2,2H3. The molecule has 0 aromatic heterocycles. The van der Waals surface area contributed by atoms with Crippen LogP contribution in [0.25, 0.3) is 10.8 Å². The Hall–Kier alpha value is -1.71. The summed E-state index contributed by atoms with van der Waals surface area (Å²) in [5, 5.41) is 12.3. The molecule has 0 radical (unpaired) electrons. The maximum atomic E-state index is 12.0. The lowest BCUT2D eigenvalue weighted by molar-refractivity contribution is -0.130. The zero-order valence-corrected chi connectivity index (χ0v) is 14.2. The minimum atomic E-state index is -0.495. The van der Waals surface area contributed by atoms with Gasteiger partial charge in [0.25, 0.3) is 0 Å². The molecule has 0 saturated heterocycles. The second-order valence-electron chi connectivity index (χ2n) is 5.83. The number of rotatable bonds is 2. The van der Waals surface area contributed by atoms with Crippen molar-refractivity contribution in [1.29, 1.82) is 0 Å². The largest absolute Gasteiger partial charge is 0.507 e. The Morgan fingerprint density at radius 2 is 2.09 bits per heavy atom. The molecule has 1 aliphatic rings. The van der Waals surface area contributed by atoms with Crippen molar-refractivity contribution >= 4 is 39.9 Å². The van der Waals surface area contributed by atoms with E-state index in [1.54, 1.807) is 25.1 Å². The molecule has 23 heavy (non-hydrogen) atoms. The van der Waals surface area contributed by atoms with Gasteiger partial charge in [-0.25, -0.2) is 4.79 Å². The molecule has 0 fully saturated rings. The lowest BCUT2D eigenvalue weighted by atomic mass is 9.87. The molecule has 3 nitrogen and oxygen atoms in total. The Kier molecular flexibility index (Phi) is 4.26. The predicted molar refractivity (Wildman–Crippen MR) is 92.7 cm³/mol. The van der Waals surface area contributed by atoms with E-state index in [9.17, 15) is 9.90 Å². The van der Waals surface area contributed by atoms with Crippen LogP contribution in [0.5, 0.6) is 11.5 Å². The van der Waals surface area contributed by atoms with Gasteiger partial charge in [-0.3, -0.25) is 0 Å². The first-order valence-electron chi connectivity index (χ1n) is 7.36. The molecule has 3 rings (SSSR count). The van der Waals surface area contributed by atoms with Crippen LogP contribution in [0.2, 0.25) is 5.02 Å². The summed E-state index contributed by atoms with van der Waals surface area (Å²) in [6.45, 7) is 5.21. The Morgan fingerprint density at radius 1 is 1.35 bits per heavy atom. The smallest absolute Gasteiger partial charge is 0.338 e. The van der Waals surface area contributed by atoms with Crippen molar-refractivity contribution in [1.82, 2.24) is 0 Å². The molecular weight excluding hydrogens is 335 g/mol. The van der Waals surface area contributed by atoms with Gasteiger partial charge in [-0.1, -0.05) is 18.2 Å². The van der Waals surface area contributed by atoms with Gasteiger partial charge in [-0.05, 0) is 44.4 Å². The van der Waals surface area contributed by atoms with Crippen molar-refractivity contribution < 1.29 is 14.6 Å². The number of esters is 1. The number of aromatic hydroxyl groups is 1. The van der Waals surface area contributed by atoms with Gasteiger partial charge in [0.2, 0.25) is 0 Å². The average Bonchev–Trinajstić information content (AvgIpc) is 2.51. The number of alkyl halides is 1. The summed E-state index contributed by atoms with van der Waals surface area (Å²) in [4.78, 5) is 12.0. The highest BCUT2D eigenvalue weighted by Crippen LogP contribution is 2.45. The van der Waals surface area contributed by atoms with Gasteiger partial charge >= 0.3 is 5.97 Å². The predicted octanol–water partition coefficient (Wildman–Crippen LogP) is 4.78. The van der Waals surface area contributed by atoms with E-state index < -0.39 is 5.97 Å². The molecule has 1 aliphatic carbocycles. The summed E-state index contributed by atoms with van der Waals surface area (Å²) in [6, 6.07) is 5.13. The SMILES string of the molecule is C=C(C)C(=O)Oc1c2c(c(O)c3cc(Cl)ccc13)CCC(Cl)C2. The number of phenolic OH excluding ortho intramolecular Hbond substituents is 1. The van der Waals surface area contributed by atoms with Gasteiger partial charge in [-0.2, -0.15) is 0 Å². The number of hydrogen-bond donors (Lipinski definition) is 1. The van der Waals surface area contributed by atoms with Crippen LogP contribution in [0.4, 0.5) is 0 Å². The fraction of sp³-hybridized carbons (Fsp3) is 0.278. The Labute approximate surface area is 144 Å². The van der Waals surface area contributed by atoms with Crippen LogP contribution < -0.4 is 4.74 Å². The normalized spacial score (nSPS) is 16.9. The van der Waals surface area contributed by atoms with Crippen LogP contribution in [-0.2, 0) is 17.6 Å². The summed E-state index contributed by atoms with van der Waals surface area (Å²) >= 11 is 12.3. The van der Waals surface area contributed by atoms with E-state index in [0.717, 1.165) is 17.5 Å². The van der Waals surface area contributed by atoms with Crippen LogP contribution in [0, 0.1) is 0 Å². The van der Waals surface area contributed by atoms with Crippen LogP contribution in [-0.4, -0.2) is 16.5 Å². The maximum absolute atomic E-state index is 12.0. The van der Waals surface area contributed by atoms with E-state index in [2.05, 4.69) is 6.58 Å². The molecule has 0 heterocycles. The lowest BCUT2D eigenvalue weighted by Crippen LogP contribution is -2.18. The molecule has 2 aromatic carbocycles. The van der Waals surface area contributed by atoms with E-state index in [0.29, 0.717) is 40.0 Å². The lowest BCUT2D eigenvalue weighted by Gasteiger charge is -2.25. The third kappa shape index (κ3) is 2.91. The summed E-state index contributed by atoms with van der Waals surface area (Å²) in [5.41, 5.74) is 1.88. The topological polar surface area (TPSA) is 46.5 Å². The molecule has 0 amide bonds. The van der Waals surface area contributed by atoms with Crippen molar-refractivity contribution in [2.75, 3.05) is 0 Å². The van der Waals surface area contributed by atoms with Gasteiger partial charge in [0, 0.05) is 37.9 Å². The number of hydrogen-bond acceptors (Lipinski definition) is 3. The average molecular weight is 351 g/mol. The van der Waals surface area contributed by atoms with Crippen molar-refractivity contribution in [2.24, 2.45) is 0 Å².